The Kier molecular flexibility index (Phi) is 5.85. The van der Waals surface area contributed by atoms with Gasteiger partial charge in [0.1, 0.15) is 11.8 Å². The molecule has 0 saturated heterocycles. The van der Waals surface area contributed by atoms with E-state index in [0.29, 0.717) is 32.6 Å². The van der Waals surface area contributed by atoms with Crippen molar-refractivity contribution in [2.75, 3.05) is 0 Å². The van der Waals surface area contributed by atoms with Crippen LogP contribution in [0.15, 0.2) is 22.7 Å². The second-order valence-corrected chi connectivity index (χ2v) is 6.29. The van der Waals surface area contributed by atoms with Crippen LogP contribution in [0.2, 0.25) is 10.0 Å². The second kappa shape index (κ2) is 7.68. The monoisotopic (exact) mass is 370 g/mol. The van der Waals surface area contributed by atoms with Gasteiger partial charge in [0, 0.05) is 22.0 Å². The van der Waals surface area contributed by atoms with Gasteiger partial charge in [-0.15, -0.1) is 0 Å². The van der Waals surface area contributed by atoms with Gasteiger partial charge in [0.15, 0.2) is 0 Å². The van der Waals surface area contributed by atoms with Gasteiger partial charge in [0.2, 0.25) is 5.91 Å². The van der Waals surface area contributed by atoms with Gasteiger partial charge in [0.25, 0.3) is 0 Å². The lowest BCUT2D eigenvalue weighted by atomic mass is 10.0. The van der Waals surface area contributed by atoms with Crippen molar-refractivity contribution >= 4 is 35.1 Å². The zero-order valence-electron chi connectivity index (χ0n) is 13.1. The standard InChI is InChI=1S/C16H16Cl2N2O4/c1-8-13(9(2)24-20-8)7-15(21)19-14(16(22)23)5-10-3-11(17)6-12(18)4-10/h3-4,6,14H,5,7H2,1-2H3,(H,19,21)(H,22,23). The zero-order valence-corrected chi connectivity index (χ0v) is 14.6. The van der Waals surface area contributed by atoms with Gasteiger partial charge in [-0.1, -0.05) is 28.4 Å². The molecule has 1 unspecified atom stereocenters. The van der Waals surface area contributed by atoms with Gasteiger partial charge in [0.05, 0.1) is 12.1 Å². The summed E-state index contributed by atoms with van der Waals surface area (Å²) in [6.45, 7) is 3.42. The average Bonchev–Trinajstić information content (AvgIpc) is 2.77. The predicted molar refractivity (Wildman–Crippen MR) is 89.4 cm³/mol. The molecule has 1 aromatic heterocycles. The van der Waals surface area contributed by atoms with Crippen molar-refractivity contribution in [3.8, 4) is 0 Å². The number of aliphatic carboxylic acids is 1. The van der Waals surface area contributed by atoms with Crippen LogP contribution in [0.3, 0.4) is 0 Å². The van der Waals surface area contributed by atoms with Crippen molar-refractivity contribution in [1.82, 2.24) is 10.5 Å². The van der Waals surface area contributed by atoms with E-state index >= 15 is 0 Å². The predicted octanol–water partition coefficient (Wildman–Crippen LogP) is 2.95. The highest BCUT2D eigenvalue weighted by Gasteiger charge is 2.22. The SMILES string of the molecule is Cc1noc(C)c1CC(=O)NC(Cc1cc(Cl)cc(Cl)c1)C(=O)O. The highest BCUT2D eigenvalue weighted by atomic mass is 35.5. The minimum atomic E-state index is -1.14. The van der Waals surface area contributed by atoms with E-state index in [0.717, 1.165) is 0 Å². The molecule has 0 fully saturated rings. The smallest absolute Gasteiger partial charge is 0.326 e. The Labute approximate surface area is 148 Å². The minimum absolute atomic E-state index is 0.00124. The third kappa shape index (κ3) is 4.72. The summed E-state index contributed by atoms with van der Waals surface area (Å²) in [6.07, 6.45) is 0.0736. The van der Waals surface area contributed by atoms with Gasteiger partial charge < -0.3 is 14.9 Å². The molecule has 0 saturated carbocycles. The molecule has 2 aromatic rings. The number of carboxylic acid groups (broad SMARTS) is 1. The van der Waals surface area contributed by atoms with Crippen LogP contribution in [0, 0.1) is 13.8 Å². The normalized spacial score (nSPS) is 12.0. The summed E-state index contributed by atoms with van der Waals surface area (Å²) >= 11 is 11.8. The highest BCUT2D eigenvalue weighted by molar-refractivity contribution is 6.34. The van der Waals surface area contributed by atoms with E-state index in [1.807, 2.05) is 0 Å². The van der Waals surface area contributed by atoms with Crippen LogP contribution < -0.4 is 5.32 Å². The Morgan fingerprint density at radius 2 is 1.88 bits per heavy atom. The Balaban J connectivity index is 2.08. The van der Waals surface area contributed by atoms with Gasteiger partial charge in [-0.05, 0) is 37.6 Å². The van der Waals surface area contributed by atoms with Crippen molar-refractivity contribution in [2.24, 2.45) is 0 Å². The third-order valence-corrected chi connectivity index (χ3v) is 3.95. The number of carbonyl (C=O) groups excluding carboxylic acids is 1. The number of nitrogens with one attached hydrogen (secondary N) is 1. The molecule has 0 spiro atoms. The topological polar surface area (TPSA) is 92.4 Å². The first-order valence-corrected chi connectivity index (χ1v) is 7.90. The maximum absolute atomic E-state index is 12.2. The lowest BCUT2D eigenvalue weighted by Gasteiger charge is -2.15. The molecule has 1 heterocycles. The number of nitrogens with zero attached hydrogens (tertiary/aromatic N) is 1. The maximum Gasteiger partial charge on any atom is 0.326 e. The van der Waals surface area contributed by atoms with E-state index in [2.05, 4.69) is 10.5 Å². The molecular weight excluding hydrogens is 355 g/mol. The number of benzene rings is 1. The molecule has 0 bridgehead atoms. The molecule has 2 rings (SSSR count). The number of hydrogen-bond acceptors (Lipinski definition) is 4. The van der Waals surface area contributed by atoms with E-state index in [9.17, 15) is 14.7 Å². The molecule has 128 valence electrons. The van der Waals surface area contributed by atoms with Crippen LogP contribution >= 0.6 is 23.2 Å². The first-order valence-electron chi connectivity index (χ1n) is 7.15. The zero-order chi connectivity index (χ0) is 17.9. The molecule has 1 aromatic carbocycles. The van der Waals surface area contributed by atoms with Crippen molar-refractivity contribution in [3.05, 3.63) is 50.8 Å². The maximum atomic E-state index is 12.2. The molecule has 2 N–H and O–H groups in total. The molecular formula is C16H16Cl2N2O4. The molecule has 8 heteroatoms. The molecule has 6 nitrogen and oxygen atoms in total. The van der Waals surface area contributed by atoms with E-state index < -0.39 is 17.9 Å². The largest absolute Gasteiger partial charge is 0.480 e. The molecule has 0 radical (unpaired) electrons. The van der Waals surface area contributed by atoms with Crippen LogP contribution in [-0.2, 0) is 22.4 Å². The van der Waals surface area contributed by atoms with E-state index in [1.165, 1.54) is 0 Å². The third-order valence-electron chi connectivity index (χ3n) is 3.51. The summed E-state index contributed by atoms with van der Waals surface area (Å²) in [6, 6.07) is 3.69. The number of halogens is 2. The number of rotatable bonds is 6. The van der Waals surface area contributed by atoms with Crippen molar-refractivity contribution < 1.29 is 19.2 Å². The highest BCUT2D eigenvalue weighted by Crippen LogP contribution is 2.20. The van der Waals surface area contributed by atoms with Crippen LogP contribution in [0.5, 0.6) is 0 Å². The second-order valence-electron chi connectivity index (χ2n) is 5.42. The van der Waals surface area contributed by atoms with Crippen molar-refractivity contribution in [1.29, 1.82) is 0 Å². The lowest BCUT2D eigenvalue weighted by Crippen LogP contribution is -2.43. The van der Waals surface area contributed by atoms with Crippen LogP contribution in [0.1, 0.15) is 22.6 Å². The van der Waals surface area contributed by atoms with E-state index in [4.69, 9.17) is 27.7 Å². The number of aromatic nitrogens is 1. The first-order chi connectivity index (χ1) is 11.3. The summed E-state index contributed by atoms with van der Waals surface area (Å²) in [7, 11) is 0. The number of aryl methyl sites for hydroxylation is 2. The Morgan fingerprint density at radius 3 is 2.38 bits per heavy atom. The molecule has 0 aliphatic heterocycles. The Bertz CT molecular complexity index is 734. The number of hydrogen-bond donors (Lipinski definition) is 2. The molecule has 0 aliphatic carbocycles. The van der Waals surface area contributed by atoms with Crippen molar-refractivity contribution in [2.45, 2.75) is 32.7 Å². The minimum Gasteiger partial charge on any atom is -0.480 e. The fraction of sp³-hybridized carbons (Fsp3) is 0.312. The fourth-order valence-electron chi connectivity index (χ4n) is 2.32. The summed E-state index contributed by atoms with van der Waals surface area (Å²) in [4.78, 5) is 23.6. The summed E-state index contributed by atoms with van der Waals surface area (Å²) in [5.41, 5.74) is 1.89. The quantitative estimate of drug-likeness (QED) is 0.815. The first kappa shape index (κ1) is 18.3. The van der Waals surface area contributed by atoms with Gasteiger partial charge >= 0.3 is 5.97 Å². The molecule has 1 atom stereocenters. The van der Waals surface area contributed by atoms with Crippen LogP contribution in [0.4, 0.5) is 0 Å². The average molecular weight is 371 g/mol. The summed E-state index contributed by atoms with van der Waals surface area (Å²) in [5.74, 6) is -1.03. The Hall–Kier alpha value is -2.05. The Morgan fingerprint density at radius 1 is 1.25 bits per heavy atom. The van der Waals surface area contributed by atoms with E-state index in [1.54, 1.807) is 32.0 Å². The van der Waals surface area contributed by atoms with Crippen molar-refractivity contribution in [3.63, 3.8) is 0 Å². The van der Waals surface area contributed by atoms with Gasteiger partial charge in [-0.2, -0.15) is 0 Å². The number of amides is 1. The summed E-state index contributed by atoms with van der Waals surface area (Å²) in [5, 5.41) is 16.4. The van der Waals surface area contributed by atoms with E-state index in [-0.39, 0.29) is 12.8 Å². The summed E-state index contributed by atoms with van der Waals surface area (Å²) < 4.78 is 4.99. The molecule has 24 heavy (non-hydrogen) atoms. The fourth-order valence-corrected chi connectivity index (χ4v) is 2.90. The molecule has 1 amide bonds. The lowest BCUT2D eigenvalue weighted by molar-refractivity contribution is -0.141. The number of carbonyl (C=O) groups is 2. The van der Waals surface area contributed by atoms with Crippen LogP contribution in [0.25, 0.3) is 0 Å². The number of carboxylic acids is 1. The van der Waals surface area contributed by atoms with Gasteiger partial charge in [-0.3, -0.25) is 4.79 Å². The van der Waals surface area contributed by atoms with Crippen LogP contribution in [-0.4, -0.2) is 28.2 Å². The molecule has 0 aliphatic rings. The van der Waals surface area contributed by atoms with Gasteiger partial charge in [-0.25, -0.2) is 4.79 Å².